The number of hydrogen-bond donors (Lipinski definition) is 0. The van der Waals surface area contributed by atoms with E-state index in [1.165, 1.54) is 35.0 Å². The van der Waals surface area contributed by atoms with Gasteiger partial charge in [0.25, 0.3) is 0 Å². The molecule has 0 radical (unpaired) electrons. The van der Waals surface area contributed by atoms with Crippen LogP contribution in [0.15, 0.2) is 76.4 Å². The molecular formula is C30H27ClF2N4O3. The van der Waals surface area contributed by atoms with Gasteiger partial charge >= 0.3 is 5.69 Å². The Morgan fingerprint density at radius 1 is 0.975 bits per heavy atom. The molecule has 0 atom stereocenters. The molecule has 0 bridgehead atoms. The van der Waals surface area contributed by atoms with Crippen molar-refractivity contribution < 1.29 is 13.5 Å². The third-order valence-corrected chi connectivity index (χ3v) is 7.03. The normalized spacial score (nSPS) is 11.6. The molecule has 0 aliphatic carbocycles. The van der Waals surface area contributed by atoms with E-state index in [0.29, 0.717) is 24.5 Å². The Kier molecular flexibility index (Phi) is 7.69. The summed E-state index contributed by atoms with van der Waals surface area (Å²) in [5.41, 5.74) is 0.0790. The van der Waals surface area contributed by atoms with Gasteiger partial charge in [-0.15, -0.1) is 5.10 Å². The largest absolute Gasteiger partial charge is 0.369 e. The van der Waals surface area contributed by atoms with Crippen LogP contribution >= 0.6 is 11.6 Å². The average molecular weight is 565 g/mol. The topological polar surface area (TPSA) is 71.0 Å². The van der Waals surface area contributed by atoms with Crippen LogP contribution in [0.3, 0.4) is 0 Å². The van der Waals surface area contributed by atoms with Crippen molar-refractivity contribution in [1.29, 1.82) is 0 Å². The van der Waals surface area contributed by atoms with Crippen molar-refractivity contribution in [2.45, 2.75) is 46.6 Å². The fourth-order valence-electron chi connectivity index (χ4n) is 4.73. The Balaban J connectivity index is 1.62. The number of halogens is 3. The molecule has 0 aliphatic rings. The van der Waals surface area contributed by atoms with Gasteiger partial charge in [0.15, 0.2) is 11.3 Å². The number of rotatable bonds is 8. The molecule has 10 heteroatoms. The van der Waals surface area contributed by atoms with E-state index in [0.717, 1.165) is 16.3 Å². The van der Waals surface area contributed by atoms with E-state index < -0.39 is 22.8 Å². The summed E-state index contributed by atoms with van der Waals surface area (Å²) >= 11 is 6.25. The Labute approximate surface area is 233 Å². The summed E-state index contributed by atoms with van der Waals surface area (Å²) in [4.78, 5) is 26.8. The molecule has 5 rings (SSSR count). The van der Waals surface area contributed by atoms with Crippen LogP contribution in [-0.4, -0.2) is 18.9 Å². The minimum absolute atomic E-state index is 0.0155. The molecule has 0 spiro atoms. The summed E-state index contributed by atoms with van der Waals surface area (Å²) in [5, 5.41) is 4.48. The first-order chi connectivity index (χ1) is 19.2. The first-order valence-electron chi connectivity index (χ1n) is 12.8. The second-order valence-electron chi connectivity index (χ2n) is 9.62. The second-order valence-corrected chi connectivity index (χ2v) is 10.0. The van der Waals surface area contributed by atoms with E-state index in [-0.39, 0.29) is 39.9 Å². The van der Waals surface area contributed by atoms with Crippen LogP contribution in [0.25, 0.3) is 27.7 Å². The second kappa shape index (κ2) is 11.2. The van der Waals surface area contributed by atoms with Crippen molar-refractivity contribution in [1.82, 2.24) is 18.9 Å². The van der Waals surface area contributed by atoms with Crippen LogP contribution in [0, 0.1) is 11.6 Å². The zero-order valence-electron chi connectivity index (χ0n) is 22.2. The third kappa shape index (κ3) is 4.98. The minimum atomic E-state index is -0.823. The van der Waals surface area contributed by atoms with E-state index >= 15 is 4.39 Å². The summed E-state index contributed by atoms with van der Waals surface area (Å²) in [7, 11) is 0. The first kappa shape index (κ1) is 27.5. The standard InChI is InChI=1S/C30H27ClF2N4O3/c1-4-35-27(17-40-16-19-9-6-5-7-10-19)34-37(30(35)39)26-14-25-20(13-24(26)33)29(38)21(15-36(25)18(2)3)28-22(31)11-8-12-23(28)32/h5-15,18H,4,16-17H2,1-3H3. The predicted octanol–water partition coefficient (Wildman–Crippen LogP) is 6.27. The van der Waals surface area contributed by atoms with Gasteiger partial charge < -0.3 is 9.30 Å². The molecule has 5 aromatic rings. The number of aromatic nitrogens is 4. The molecule has 2 heterocycles. The van der Waals surface area contributed by atoms with Crippen molar-refractivity contribution in [3.8, 4) is 16.8 Å². The van der Waals surface area contributed by atoms with Gasteiger partial charge in [0.2, 0.25) is 0 Å². The lowest BCUT2D eigenvalue weighted by Crippen LogP contribution is -2.25. The lowest BCUT2D eigenvalue weighted by molar-refractivity contribution is 0.0989. The lowest BCUT2D eigenvalue weighted by atomic mass is 10.0. The molecule has 0 saturated carbocycles. The molecule has 0 amide bonds. The van der Waals surface area contributed by atoms with Crippen molar-refractivity contribution >= 4 is 22.5 Å². The monoisotopic (exact) mass is 564 g/mol. The maximum Gasteiger partial charge on any atom is 0.350 e. The van der Waals surface area contributed by atoms with Crippen molar-refractivity contribution in [3.63, 3.8) is 0 Å². The highest BCUT2D eigenvalue weighted by atomic mass is 35.5. The van der Waals surface area contributed by atoms with Crippen LogP contribution in [0.5, 0.6) is 0 Å². The SMILES string of the molecule is CCn1c(COCc2ccccc2)nn(-c2cc3c(cc2F)c(=O)c(-c2c(F)cccc2Cl)cn3C(C)C)c1=O. The molecule has 2 aromatic heterocycles. The van der Waals surface area contributed by atoms with Crippen LogP contribution < -0.4 is 11.1 Å². The molecule has 40 heavy (non-hydrogen) atoms. The molecule has 3 aromatic carbocycles. The van der Waals surface area contributed by atoms with E-state index in [9.17, 15) is 14.0 Å². The number of hydrogen-bond acceptors (Lipinski definition) is 4. The fourth-order valence-corrected chi connectivity index (χ4v) is 5.00. The molecule has 0 unspecified atom stereocenters. The predicted molar refractivity (Wildman–Crippen MR) is 151 cm³/mol. The molecule has 0 N–H and O–H groups in total. The smallest absolute Gasteiger partial charge is 0.350 e. The number of nitrogens with zero attached hydrogens (tertiary/aromatic N) is 4. The highest BCUT2D eigenvalue weighted by Crippen LogP contribution is 2.31. The van der Waals surface area contributed by atoms with Crippen LogP contribution in [0.2, 0.25) is 5.02 Å². The summed E-state index contributed by atoms with van der Waals surface area (Å²) in [6, 6.07) is 16.0. The average Bonchev–Trinajstić information content (AvgIpc) is 3.24. The van der Waals surface area contributed by atoms with Crippen LogP contribution in [-0.2, 0) is 24.5 Å². The van der Waals surface area contributed by atoms with Gasteiger partial charge in [-0.1, -0.05) is 48.0 Å². The van der Waals surface area contributed by atoms with Gasteiger partial charge in [0.1, 0.15) is 23.9 Å². The van der Waals surface area contributed by atoms with Gasteiger partial charge in [0.05, 0.1) is 22.7 Å². The molecule has 7 nitrogen and oxygen atoms in total. The zero-order chi connectivity index (χ0) is 28.6. The third-order valence-electron chi connectivity index (χ3n) is 6.72. The molecular weight excluding hydrogens is 538 g/mol. The molecule has 0 fully saturated rings. The maximum atomic E-state index is 15.6. The first-order valence-corrected chi connectivity index (χ1v) is 13.2. The van der Waals surface area contributed by atoms with Crippen molar-refractivity contribution in [2.24, 2.45) is 0 Å². The lowest BCUT2D eigenvalue weighted by Gasteiger charge is -2.18. The molecule has 0 aliphatic heterocycles. The maximum absolute atomic E-state index is 15.6. The molecule has 0 saturated heterocycles. The van der Waals surface area contributed by atoms with E-state index in [2.05, 4.69) is 5.10 Å². The highest BCUT2D eigenvalue weighted by Gasteiger charge is 2.22. The van der Waals surface area contributed by atoms with E-state index in [1.807, 2.05) is 44.2 Å². The van der Waals surface area contributed by atoms with Gasteiger partial charge in [0, 0.05) is 29.7 Å². The zero-order valence-corrected chi connectivity index (χ0v) is 23.0. The summed E-state index contributed by atoms with van der Waals surface area (Å²) in [5.74, 6) is -1.14. The Hall–Kier alpha value is -4.08. The minimum Gasteiger partial charge on any atom is -0.369 e. The Morgan fingerprint density at radius 3 is 2.40 bits per heavy atom. The van der Waals surface area contributed by atoms with Gasteiger partial charge in [-0.2, -0.15) is 4.68 Å². The van der Waals surface area contributed by atoms with Crippen LogP contribution in [0.4, 0.5) is 8.78 Å². The van der Waals surface area contributed by atoms with Gasteiger partial charge in [-0.3, -0.25) is 9.36 Å². The van der Waals surface area contributed by atoms with Crippen molar-refractivity contribution in [3.05, 3.63) is 116 Å². The number of ether oxygens (including phenoxy) is 1. The Morgan fingerprint density at radius 2 is 1.73 bits per heavy atom. The summed E-state index contributed by atoms with van der Waals surface area (Å²) in [6.07, 6.45) is 1.51. The van der Waals surface area contributed by atoms with Gasteiger partial charge in [-0.25, -0.2) is 13.6 Å². The van der Waals surface area contributed by atoms with E-state index in [1.54, 1.807) is 11.5 Å². The molecule has 206 valence electrons. The highest BCUT2D eigenvalue weighted by molar-refractivity contribution is 6.33. The Bertz CT molecular complexity index is 1810. The quantitative estimate of drug-likeness (QED) is 0.223. The number of benzene rings is 3. The van der Waals surface area contributed by atoms with Crippen molar-refractivity contribution in [2.75, 3.05) is 0 Å². The summed E-state index contributed by atoms with van der Waals surface area (Å²) in [6.45, 7) is 6.21. The van der Waals surface area contributed by atoms with Gasteiger partial charge in [-0.05, 0) is 50.6 Å². The number of pyridine rings is 1. The van der Waals surface area contributed by atoms with E-state index in [4.69, 9.17) is 16.3 Å². The summed E-state index contributed by atoms with van der Waals surface area (Å²) < 4.78 is 40.3. The number of fused-ring (bicyclic) bond motifs is 1. The fraction of sp³-hybridized carbons (Fsp3) is 0.233. The van der Waals surface area contributed by atoms with Crippen LogP contribution in [0.1, 0.15) is 38.2 Å².